The number of anilines is 2. The molecule has 0 spiro atoms. The third-order valence-electron chi connectivity index (χ3n) is 2.76. The zero-order valence-electron chi connectivity index (χ0n) is 10.5. The van der Waals surface area contributed by atoms with E-state index in [1.54, 1.807) is 24.5 Å². The first-order chi connectivity index (χ1) is 9.67. The smallest absolute Gasteiger partial charge is 0.180 e. The second-order valence-electron chi connectivity index (χ2n) is 4.04. The van der Waals surface area contributed by atoms with Crippen molar-refractivity contribution in [2.75, 3.05) is 12.4 Å². The first-order valence-electron chi connectivity index (χ1n) is 5.77. The van der Waals surface area contributed by atoms with Crippen LogP contribution in [-0.2, 0) is 0 Å². The molecule has 1 aromatic carbocycles. The minimum atomic E-state index is -0.411. The van der Waals surface area contributed by atoms with Crippen molar-refractivity contribution in [2.45, 2.75) is 0 Å². The number of fused-ring (bicyclic) bond motifs is 1. The summed E-state index contributed by atoms with van der Waals surface area (Å²) in [7, 11) is 1.42. The van der Waals surface area contributed by atoms with Gasteiger partial charge in [-0.05, 0) is 28.1 Å². The second-order valence-corrected chi connectivity index (χ2v) is 4.86. The summed E-state index contributed by atoms with van der Waals surface area (Å²) in [5, 5.41) is 3.10. The van der Waals surface area contributed by atoms with Crippen LogP contribution in [0.1, 0.15) is 0 Å². The Labute approximate surface area is 122 Å². The lowest BCUT2D eigenvalue weighted by Crippen LogP contribution is -1.99. The van der Waals surface area contributed by atoms with E-state index in [4.69, 9.17) is 4.74 Å². The summed E-state index contributed by atoms with van der Waals surface area (Å²) in [6.45, 7) is 0. The first kappa shape index (κ1) is 12.9. The molecule has 0 atom stereocenters. The molecular formula is C13H10BrFN4O. The number of halogens is 2. The minimum Gasteiger partial charge on any atom is -0.494 e. The van der Waals surface area contributed by atoms with Crippen molar-refractivity contribution in [3.8, 4) is 5.75 Å². The predicted octanol–water partition coefficient (Wildman–Crippen LogP) is 3.38. The average Bonchev–Trinajstić information content (AvgIpc) is 2.89. The number of aromatic nitrogens is 3. The number of rotatable bonds is 3. The van der Waals surface area contributed by atoms with Crippen molar-refractivity contribution in [1.82, 2.24) is 14.4 Å². The van der Waals surface area contributed by atoms with Crippen LogP contribution in [0.15, 0.2) is 41.4 Å². The Morgan fingerprint density at radius 1 is 1.40 bits per heavy atom. The summed E-state index contributed by atoms with van der Waals surface area (Å²) in [6, 6.07) is 4.51. The number of ether oxygens (including phenoxy) is 1. The van der Waals surface area contributed by atoms with Gasteiger partial charge < -0.3 is 14.5 Å². The van der Waals surface area contributed by atoms with E-state index in [1.165, 1.54) is 13.2 Å². The molecule has 0 fully saturated rings. The lowest BCUT2D eigenvalue weighted by atomic mass is 10.3. The van der Waals surface area contributed by atoms with E-state index in [1.807, 2.05) is 10.6 Å². The van der Waals surface area contributed by atoms with Crippen LogP contribution in [0.25, 0.3) is 5.65 Å². The number of hydrogen-bond donors (Lipinski definition) is 1. The van der Waals surface area contributed by atoms with Gasteiger partial charge in [-0.25, -0.2) is 14.4 Å². The summed E-state index contributed by atoms with van der Waals surface area (Å²) in [5.74, 6) is 0.327. The number of nitrogens with zero attached hydrogens (tertiary/aromatic N) is 3. The highest BCUT2D eigenvalue weighted by atomic mass is 79.9. The van der Waals surface area contributed by atoms with Crippen molar-refractivity contribution in [2.24, 2.45) is 0 Å². The highest BCUT2D eigenvalue weighted by Crippen LogP contribution is 2.26. The lowest BCUT2D eigenvalue weighted by molar-refractivity contribution is 0.387. The normalized spacial score (nSPS) is 10.8. The molecule has 2 heterocycles. The number of hydrogen-bond acceptors (Lipinski definition) is 4. The van der Waals surface area contributed by atoms with Gasteiger partial charge in [-0.1, -0.05) is 0 Å². The molecule has 0 bridgehead atoms. The Balaban J connectivity index is 2.02. The molecular weight excluding hydrogens is 327 g/mol. The standard InChI is InChI=1S/C13H10BrFN4O/c1-20-10-6-8(2-3-9(10)15)17-12-13-16-4-5-19(13)7-11(14)18-12/h2-7H,1H3,(H,17,18). The zero-order chi connectivity index (χ0) is 14.1. The fraction of sp³-hybridized carbons (Fsp3) is 0.0769. The summed E-state index contributed by atoms with van der Waals surface area (Å²) in [5.41, 5.74) is 1.34. The predicted molar refractivity (Wildman–Crippen MR) is 76.9 cm³/mol. The fourth-order valence-electron chi connectivity index (χ4n) is 1.86. The van der Waals surface area contributed by atoms with E-state index in [-0.39, 0.29) is 5.75 Å². The highest BCUT2D eigenvalue weighted by Gasteiger charge is 2.09. The molecule has 20 heavy (non-hydrogen) atoms. The van der Waals surface area contributed by atoms with Crippen molar-refractivity contribution >= 4 is 33.1 Å². The molecule has 0 aliphatic rings. The first-order valence-corrected chi connectivity index (χ1v) is 6.56. The third kappa shape index (κ3) is 2.32. The highest BCUT2D eigenvalue weighted by molar-refractivity contribution is 9.10. The van der Waals surface area contributed by atoms with Gasteiger partial charge in [0.1, 0.15) is 4.60 Å². The Bertz CT molecular complexity index is 774. The van der Waals surface area contributed by atoms with Gasteiger partial charge in [0.05, 0.1) is 7.11 Å². The van der Waals surface area contributed by atoms with Crippen LogP contribution in [0.4, 0.5) is 15.9 Å². The van der Waals surface area contributed by atoms with E-state index in [2.05, 4.69) is 31.2 Å². The summed E-state index contributed by atoms with van der Waals surface area (Å²) >= 11 is 3.34. The molecule has 1 N–H and O–H groups in total. The molecule has 0 saturated carbocycles. The van der Waals surface area contributed by atoms with Gasteiger partial charge in [-0.15, -0.1) is 0 Å². The average molecular weight is 337 g/mol. The topological polar surface area (TPSA) is 51.5 Å². The lowest BCUT2D eigenvalue weighted by Gasteiger charge is -2.09. The van der Waals surface area contributed by atoms with E-state index in [0.29, 0.717) is 21.8 Å². The van der Waals surface area contributed by atoms with Crippen LogP contribution >= 0.6 is 15.9 Å². The van der Waals surface area contributed by atoms with Crippen LogP contribution in [0.3, 0.4) is 0 Å². The largest absolute Gasteiger partial charge is 0.494 e. The van der Waals surface area contributed by atoms with E-state index >= 15 is 0 Å². The summed E-state index contributed by atoms with van der Waals surface area (Å²) in [4.78, 5) is 8.56. The fourth-order valence-corrected chi connectivity index (χ4v) is 2.26. The van der Waals surface area contributed by atoms with Gasteiger partial charge in [0.15, 0.2) is 23.0 Å². The maximum absolute atomic E-state index is 13.4. The molecule has 0 unspecified atom stereocenters. The summed E-state index contributed by atoms with van der Waals surface area (Å²) < 4.78 is 20.8. The van der Waals surface area contributed by atoms with Gasteiger partial charge in [0.2, 0.25) is 0 Å². The quantitative estimate of drug-likeness (QED) is 0.796. The van der Waals surface area contributed by atoms with Crippen LogP contribution < -0.4 is 10.1 Å². The maximum Gasteiger partial charge on any atom is 0.180 e. The Morgan fingerprint density at radius 2 is 2.25 bits per heavy atom. The van der Waals surface area contributed by atoms with Crippen LogP contribution in [0, 0.1) is 5.82 Å². The van der Waals surface area contributed by atoms with E-state index in [9.17, 15) is 4.39 Å². The van der Waals surface area contributed by atoms with Gasteiger partial charge in [-0.2, -0.15) is 0 Å². The second kappa shape index (κ2) is 5.09. The Kier molecular flexibility index (Phi) is 3.27. The van der Waals surface area contributed by atoms with E-state index < -0.39 is 5.82 Å². The zero-order valence-corrected chi connectivity index (χ0v) is 12.1. The number of methoxy groups -OCH3 is 1. The third-order valence-corrected chi connectivity index (χ3v) is 3.14. The molecule has 3 aromatic rings. The number of imidazole rings is 1. The van der Waals surface area contributed by atoms with Crippen LogP contribution in [-0.4, -0.2) is 21.5 Å². The molecule has 0 saturated heterocycles. The van der Waals surface area contributed by atoms with Gasteiger partial charge in [0.25, 0.3) is 0 Å². The molecule has 0 aliphatic carbocycles. The number of nitrogens with one attached hydrogen (secondary N) is 1. The van der Waals surface area contributed by atoms with Crippen LogP contribution in [0.2, 0.25) is 0 Å². The molecule has 7 heteroatoms. The molecule has 0 aliphatic heterocycles. The van der Waals surface area contributed by atoms with Gasteiger partial charge >= 0.3 is 0 Å². The Hall–Kier alpha value is -2.15. The van der Waals surface area contributed by atoms with Gasteiger partial charge in [0, 0.05) is 30.3 Å². The maximum atomic E-state index is 13.4. The summed E-state index contributed by atoms with van der Waals surface area (Å²) in [6.07, 6.45) is 5.30. The van der Waals surface area contributed by atoms with Crippen LogP contribution in [0.5, 0.6) is 5.75 Å². The molecule has 2 aromatic heterocycles. The van der Waals surface area contributed by atoms with Crippen molar-refractivity contribution in [1.29, 1.82) is 0 Å². The van der Waals surface area contributed by atoms with Crippen molar-refractivity contribution < 1.29 is 9.13 Å². The van der Waals surface area contributed by atoms with Gasteiger partial charge in [-0.3, -0.25) is 0 Å². The SMILES string of the molecule is COc1cc(Nc2nc(Br)cn3ccnc23)ccc1F. The molecule has 3 rings (SSSR count). The Morgan fingerprint density at radius 3 is 3.05 bits per heavy atom. The van der Waals surface area contributed by atoms with Crippen molar-refractivity contribution in [3.63, 3.8) is 0 Å². The monoisotopic (exact) mass is 336 g/mol. The molecule has 0 radical (unpaired) electrons. The molecule has 0 amide bonds. The van der Waals surface area contributed by atoms with Crippen molar-refractivity contribution in [3.05, 3.63) is 47.2 Å². The molecule has 5 nitrogen and oxygen atoms in total. The van der Waals surface area contributed by atoms with E-state index in [0.717, 1.165) is 0 Å². The number of benzene rings is 1. The minimum absolute atomic E-state index is 0.171. The molecule has 102 valence electrons.